The van der Waals surface area contributed by atoms with Gasteiger partial charge in [-0.2, -0.15) is 0 Å². The van der Waals surface area contributed by atoms with Gasteiger partial charge in [0.05, 0.1) is 10.3 Å². The zero-order valence-corrected chi connectivity index (χ0v) is 12.0. The third kappa shape index (κ3) is 3.56. The second-order valence-corrected chi connectivity index (χ2v) is 5.16. The molecule has 0 spiro atoms. The van der Waals surface area contributed by atoms with Crippen LogP contribution in [0.3, 0.4) is 0 Å². The Bertz CT molecular complexity index is 641. The van der Waals surface area contributed by atoms with Crippen LogP contribution in [0.15, 0.2) is 30.3 Å². The molecule has 2 aromatic rings. The van der Waals surface area contributed by atoms with Crippen LogP contribution in [0, 0.1) is 10.1 Å². The van der Waals surface area contributed by atoms with E-state index in [1.54, 1.807) is 12.1 Å². The lowest BCUT2D eigenvalue weighted by Gasteiger charge is -2.11. The van der Waals surface area contributed by atoms with Crippen molar-refractivity contribution in [2.45, 2.75) is 25.7 Å². The van der Waals surface area contributed by atoms with Gasteiger partial charge in [-0.15, -0.1) is 0 Å². The number of hydrogen-bond acceptors (Lipinski definition) is 4. The molecule has 0 fully saturated rings. The maximum Gasteiger partial charge on any atom is 0.277 e. The number of rotatable bonds is 7. The highest BCUT2D eigenvalue weighted by Crippen LogP contribution is 2.29. The van der Waals surface area contributed by atoms with Crippen molar-refractivity contribution in [1.29, 1.82) is 0 Å². The number of benzene rings is 2. The van der Waals surface area contributed by atoms with Crippen molar-refractivity contribution in [3.63, 3.8) is 0 Å². The zero-order valence-electron chi connectivity index (χ0n) is 12.0. The normalized spacial score (nSPS) is 11.0. The first-order valence-corrected chi connectivity index (χ1v) is 7.26. The van der Waals surface area contributed by atoms with Gasteiger partial charge in [0, 0.05) is 6.07 Å². The van der Waals surface area contributed by atoms with Crippen molar-refractivity contribution in [3.05, 3.63) is 51.6 Å². The number of nitro groups is 1. The predicted octanol–water partition coefficient (Wildman–Crippen LogP) is 2.53. The molecule has 0 aliphatic rings. The lowest BCUT2D eigenvalue weighted by atomic mass is 9.94. The maximum absolute atomic E-state index is 11.2. The Kier molecular flexibility index (Phi) is 5.25. The number of hydrogen-bond donors (Lipinski definition) is 2. The lowest BCUT2D eigenvalue weighted by molar-refractivity contribution is -0.383. The van der Waals surface area contributed by atoms with Crippen molar-refractivity contribution in [1.82, 2.24) is 0 Å². The van der Waals surface area contributed by atoms with Crippen LogP contribution >= 0.6 is 0 Å². The van der Waals surface area contributed by atoms with Gasteiger partial charge in [0.1, 0.15) is 0 Å². The largest absolute Gasteiger partial charge is 0.330 e. The molecular weight excluding hydrogens is 266 g/mol. The topological polar surface area (TPSA) is 95.2 Å². The summed E-state index contributed by atoms with van der Waals surface area (Å²) in [7, 11) is 0. The van der Waals surface area contributed by atoms with Crippen LogP contribution < -0.4 is 11.5 Å². The third-order valence-corrected chi connectivity index (χ3v) is 3.67. The van der Waals surface area contributed by atoms with Crippen LogP contribution in [0.25, 0.3) is 10.8 Å². The Morgan fingerprint density at radius 2 is 1.62 bits per heavy atom. The van der Waals surface area contributed by atoms with Crippen molar-refractivity contribution >= 4 is 16.5 Å². The number of non-ortho nitro benzene ring substituents is 1. The second kappa shape index (κ2) is 7.15. The lowest BCUT2D eigenvalue weighted by Crippen LogP contribution is -2.05. The van der Waals surface area contributed by atoms with E-state index in [1.807, 2.05) is 12.1 Å². The minimum atomic E-state index is -0.325. The minimum Gasteiger partial charge on any atom is -0.330 e. The smallest absolute Gasteiger partial charge is 0.277 e. The number of aryl methyl sites for hydroxylation is 2. The Morgan fingerprint density at radius 1 is 1.00 bits per heavy atom. The highest BCUT2D eigenvalue weighted by atomic mass is 16.6. The molecule has 0 saturated carbocycles. The van der Waals surface area contributed by atoms with E-state index in [0.29, 0.717) is 18.5 Å². The van der Waals surface area contributed by atoms with Crippen LogP contribution in [0.1, 0.15) is 24.0 Å². The van der Waals surface area contributed by atoms with E-state index in [9.17, 15) is 10.1 Å². The van der Waals surface area contributed by atoms with Crippen LogP contribution in [-0.2, 0) is 12.8 Å². The summed E-state index contributed by atoms with van der Waals surface area (Å²) < 4.78 is 0. The molecule has 0 bridgehead atoms. The molecule has 0 saturated heterocycles. The third-order valence-electron chi connectivity index (χ3n) is 3.67. The van der Waals surface area contributed by atoms with E-state index >= 15 is 0 Å². The first-order chi connectivity index (χ1) is 10.2. The van der Waals surface area contributed by atoms with E-state index in [-0.39, 0.29) is 10.6 Å². The summed E-state index contributed by atoms with van der Waals surface area (Å²) in [4.78, 5) is 10.8. The molecule has 21 heavy (non-hydrogen) atoms. The summed E-state index contributed by atoms with van der Waals surface area (Å²) in [6, 6.07) is 9.21. The monoisotopic (exact) mass is 287 g/mol. The molecule has 0 unspecified atom stereocenters. The van der Waals surface area contributed by atoms with Crippen molar-refractivity contribution in [2.75, 3.05) is 13.1 Å². The number of nitrogens with two attached hydrogens (primary N) is 2. The molecule has 112 valence electrons. The van der Waals surface area contributed by atoms with E-state index in [1.165, 1.54) is 5.56 Å². The first kappa shape index (κ1) is 15.4. The fourth-order valence-electron chi connectivity index (χ4n) is 2.61. The molecule has 0 atom stereocenters. The van der Waals surface area contributed by atoms with Gasteiger partial charge in [-0.1, -0.05) is 18.2 Å². The average Bonchev–Trinajstić information content (AvgIpc) is 2.49. The van der Waals surface area contributed by atoms with Crippen molar-refractivity contribution < 1.29 is 4.92 Å². The molecule has 0 heterocycles. The fraction of sp³-hybridized carbons (Fsp3) is 0.375. The molecule has 0 radical (unpaired) electrons. The van der Waals surface area contributed by atoms with E-state index in [0.717, 1.165) is 36.6 Å². The predicted molar refractivity (Wildman–Crippen MR) is 85.4 cm³/mol. The Balaban J connectivity index is 2.53. The minimum absolute atomic E-state index is 0.159. The molecule has 5 nitrogen and oxygen atoms in total. The van der Waals surface area contributed by atoms with Gasteiger partial charge in [0.2, 0.25) is 0 Å². The van der Waals surface area contributed by atoms with Crippen molar-refractivity contribution in [3.8, 4) is 0 Å². The summed E-state index contributed by atoms with van der Waals surface area (Å²) in [6.07, 6.45) is 3.53. The summed E-state index contributed by atoms with van der Waals surface area (Å²) in [5.74, 6) is 0. The molecule has 4 N–H and O–H groups in total. The van der Waals surface area contributed by atoms with E-state index in [2.05, 4.69) is 6.07 Å². The standard InChI is InChI=1S/C16H21N3O2/c17-8-2-5-12-10-14-4-1-7-16(19(20)21)15(14)11-13(12)6-3-9-18/h1,4,7,10-11H,2-3,5-6,8-9,17-18H2. The molecular formula is C16H21N3O2. The summed E-state index contributed by atoms with van der Waals surface area (Å²) in [5, 5.41) is 12.8. The second-order valence-electron chi connectivity index (χ2n) is 5.16. The van der Waals surface area contributed by atoms with Crippen molar-refractivity contribution in [2.24, 2.45) is 11.5 Å². The maximum atomic E-state index is 11.2. The van der Waals surface area contributed by atoms with Gasteiger partial charge >= 0.3 is 0 Å². The van der Waals surface area contributed by atoms with Gasteiger partial charge in [-0.05, 0) is 61.4 Å². The van der Waals surface area contributed by atoms with Crippen LogP contribution in [-0.4, -0.2) is 18.0 Å². The van der Waals surface area contributed by atoms with Gasteiger partial charge in [-0.25, -0.2) is 0 Å². The van der Waals surface area contributed by atoms with E-state index in [4.69, 9.17) is 11.5 Å². The zero-order chi connectivity index (χ0) is 15.2. The Labute approximate surface area is 124 Å². The van der Waals surface area contributed by atoms with Gasteiger partial charge in [0.15, 0.2) is 0 Å². The number of nitrogens with zero attached hydrogens (tertiary/aromatic N) is 1. The fourth-order valence-corrected chi connectivity index (χ4v) is 2.61. The Hall–Kier alpha value is -1.98. The molecule has 2 aromatic carbocycles. The molecule has 5 heteroatoms. The van der Waals surface area contributed by atoms with Gasteiger partial charge in [0.25, 0.3) is 5.69 Å². The van der Waals surface area contributed by atoms with Crippen LogP contribution in [0.4, 0.5) is 5.69 Å². The number of nitro benzene ring substituents is 1. The summed E-state index contributed by atoms with van der Waals surface area (Å²) >= 11 is 0. The van der Waals surface area contributed by atoms with E-state index < -0.39 is 0 Å². The van der Waals surface area contributed by atoms with Gasteiger partial charge < -0.3 is 11.5 Å². The quantitative estimate of drug-likeness (QED) is 0.604. The average molecular weight is 287 g/mol. The SMILES string of the molecule is NCCCc1cc2cccc([N+](=O)[O-])c2cc1CCCN. The highest BCUT2D eigenvalue weighted by Gasteiger charge is 2.14. The molecule has 0 amide bonds. The summed E-state index contributed by atoms with van der Waals surface area (Å²) in [6.45, 7) is 1.26. The molecule has 0 aromatic heterocycles. The molecule has 0 aliphatic carbocycles. The Morgan fingerprint density at radius 3 is 2.19 bits per heavy atom. The molecule has 0 aliphatic heterocycles. The van der Waals surface area contributed by atoms with Gasteiger partial charge in [-0.3, -0.25) is 10.1 Å². The first-order valence-electron chi connectivity index (χ1n) is 7.26. The summed E-state index contributed by atoms with van der Waals surface area (Å²) in [5.41, 5.74) is 13.7. The highest BCUT2D eigenvalue weighted by molar-refractivity contribution is 5.92. The van der Waals surface area contributed by atoms with Crippen LogP contribution in [0.2, 0.25) is 0 Å². The van der Waals surface area contributed by atoms with Crippen LogP contribution in [0.5, 0.6) is 0 Å². The number of fused-ring (bicyclic) bond motifs is 1. The molecule has 2 rings (SSSR count).